The fraction of sp³-hybridized carbons (Fsp3) is 0.353. The maximum Gasteiger partial charge on any atom is 0.249 e. The van der Waals surface area contributed by atoms with Crippen LogP contribution in [0, 0.1) is 0 Å². The number of carbonyl (C=O) groups excluding carboxylic acids is 1. The molecule has 1 unspecified atom stereocenters. The quantitative estimate of drug-likeness (QED) is 0.862. The number of primary amides is 1. The van der Waals surface area contributed by atoms with Crippen LogP contribution in [0.3, 0.4) is 0 Å². The van der Waals surface area contributed by atoms with Crippen molar-refractivity contribution in [2.75, 3.05) is 20.8 Å². The van der Waals surface area contributed by atoms with Gasteiger partial charge >= 0.3 is 0 Å². The van der Waals surface area contributed by atoms with Crippen LogP contribution >= 0.6 is 11.3 Å². The molecule has 128 valence electrons. The van der Waals surface area contributed by atoms with Crippen LogP contribution in [0.25, 0.3) is 0 Å². The van der Waals surface area contributed by atoms with E-state index < -0.39 is 12.0 Å². The van der Waals surface area contributed by atoms with Crippen molar-refractivity contribution in [2.24, 2.45) is 5.73 Å². The van der Waals surface area contributed by atoms with Gasteiger partial charge in [0.25, 0.3) is 0 Å². The molecule has 1 amide bonds. The predicted molar refractivity (Wildman–Crippen MR) is 91.5 cm³/mol. The van der Waals surface area contributed by atoms with E-state index in [1.807, 2.05) is 12.1 Å². The summed E-state index contributed by atoms with van der Waals surface area (Å²) in [5.41, 5.74) is 7.54. The van der Waals surface area contributed by atoms with Gasteiger partial charge in [0.1, 0.15) is 11.5 Å². The number of aliphatic hydroxyl groups excluding tert-OH is 1. The maximum absolute atomic E-state index is 11.2. The fourth-order valence-electron chi connectivity index (χ4n) is 3.08. The Labute approximate surface area is 144 Å². The molecule has 0 aliphatic carbocycles. The van der Waals surface area contributed by atoms with Gasteiger partial charge in [-0.3, -0.25) is 9.69 Å². The molecule has 0 fully saturated rings. The Bertz CT molecular complexity index is 759. The lowest BCUT2D eigenvalue weighted by Crippen LogP contribution is -2.33. The third-order valence-electron chi connectivity index (χ3n) is 4.18. The molecule has 1 aliphatic rings. The molecular weight excluding hydrogens is 328 g/mol. The largest absolute Gasteiger partial charge is 0.496 e. The molecule has 1 aliphatic heterocycles. The zero-order valence-corrected chi connectivity index (χ0v) is 14.4. The topological polar surface area (TPSA) is 85.0 Å². The number of nitrogens with zero attached hydrogens (tertiary/aromatic N) is 1. The molecule has 7 heteroatoms. The highest BCUT2D eigenvalue weighted by atomic mass is 32.1. The molecule has 2 aromatic rings. The second-order valence-electron chi connectivity index (χ2n) is 5.71. The summed E-state index contributed by atoms with van der Waals surface area (Å²) in [6.45, 7) is 1.76. The number of carbonyl (C=O) groups is 1. The molecule has 0 saturated heterocycles. The van der Waals surface area contributed by atoms with Crippen molar-refractivity contribution < 1.29 is 19.4 Å². The highest BCUT2D eigenvalue weighted by Crippen LogP contribution is 2.39. The lowest BCUT2D eigenvalue weighted by molar-refractivity contribution is 0.0848. The number of β-amino-alcohol motifs (C(OH)–C–C–N with tert-alkyl or cyclic N) is 1. The van der Waals surface area contributed by atoms with Crippen molar-refractivity contribution in [1.29, 1.82) is 0 Å². The Hall–Kier alpha value is -2.09. The summed E-state index contributed by atoms with van der Waals surface area (Å²) >= 11 is 1.49. The number of ether oxygens (including phenoxy) is 2. The lowest BCUT2D eigenvalue weighted by Gasteiger charge is -2.33. The van der Waals surface area contributed by atoms with E-state index in [-0.39, 0.29) is 0 Å². The average molecular weight is 348 g/mol. The second kappa shape index (κ2) is 6.80. The van der Waals surface area contributed by atoms with Crippen LogP contribution in [0.4, 0.5) is 0 Å². The first-order valence-electron chi connectivity index (χ1n) is 7.54. The van der Waals surface area contributed by atoms with Crippen LogP contribution in [0.1, 0.15) is 32.5 Å². The molecule has 6 nitrogen and oxygen atoms in total. The normalized spacial score (nSPS) is 17.4. The van der Waals surface area contributed by atoms with Crippen molar-refractivity contribution in [1.82, 2.24) is 4.90 Å². The summed E-state index contributed by atoms with van der Waals surface area (Å²) in [6.07, 6.45) is -0.658. The van der Waals surface area contributed by atoms with Gasteiger partial charge in [0.2, 0.25) is 5.91 Å². The molecular formula is C17H20N2O4S. The van der Waals surface area contributed by atoms with Gasteiger partial charge < -0.3 is 20.3 Å². The molecule has 2 heterocycles. The van der Waals surface area contributed by atoms with E-state index in [9.17, 15) is 9.90 Å². The third kappa shape index (κ3) is 3.10. The molecule has 0 bridgehead atoms. The van der Waals surface area contributed by atoms with Gasteiger partial charge in [0.15, 0.2) is 0 Å². The zero-order valence-electron chi connectivity index (χ0n) is 13.6. The summed E-state index contributed by atoms with van der Waals surface area (Å²) in [7, 11) is 3.21. The molecule has 1 atom stereocenters. The van der Waals surface area contributed by atoms with E-state index in [4.69, 9.17) is 15.2 Å². The molecule has 0 radical (unpaired) electrons. The number of hydrogen-bond donors (Lipinski definition) is 2. The maximum atomic E-state index is 11.2. The first-order valence-corrected chi connectivity index (χ1v) is 8.42. The first-order chi connectivity index (χ1) is 11.5. The summed E-state index contributed by atoms with van der Waals surface area (Å²) in [5, 5.41) is 12.3. The number of benzene rings is 1. The van der Waals surface area contributed by atoms with E-state index in [1.165, 1.54) is 11.3 Å². The highest BCUT2D eigenvalue weighted by Gasteiger charge is 2.29. The molecule has 3 N–H and O–H groups in total. The van der Waals surface area contributed by atoms with Crippen molar-refractivity contribution >= 4 is 17.2 Å². The van der Waals surface area contributed by atoms with Crippen LogP contribution in [0.5, 0.6) is 11.5 Å². The highest BCUT2D eigenvalue weighted by molar-refractivity contribution is 7.10. The average Bonchev–Trinajstić information content (AvgIpc) is 3.02. The smallest absolute Gasteiger partial charge is 0.249 e. The summed E-state index contributed by atoms with van der Waals surface area (Å²) in [5.74, 6) is 0.983. The molecule has 1 aromatic heterocycles. The first kappa shape index (κ1) is 16.8. The number of aliphatic hydroxyl groups is 1. The summed E-state index contributed by atoms with van der Waals surface area (Å²) < 4.78 is 10.8. The van der Waals surface area contributed by atoms with Crippen LogP contribution < -0.4 is 15.2 Å². The summed E-state index contributed by atoms with van der Waals surface area (Å²) in [6, 6.07) is 5.47. The lowest BCUT2D eigenvalue weighted by atomic mass is 9.95. The Morgan fingerprint density at radius 2 is 2.08 bits per heavy atom. The van der Waals surface area contributed by atoms with Gasteiger partial charge in [0, 0.05) is 41.0 Å². The number of nitrogens with two attached hydrogens (primary N) is 1. The Morgan fingerprint density at radius 3 is 2.71 bits per heavy atom. The minimum absolute atomic E-state index is 0.423. The van der Waals surface area contributed by atoms with Gasteiger partial charge in [-0.2, -0.15) is 0 Å². The van der Waals surface area contributed by atoms with Crippen molar-refractivity contribution in [3.05, 3.63) is 45.1 Å². The third-order valence-corrected chi connectivity index (χ3v) is 5.10. The van der Waals surface area contributed by atoms with E-state index in [2.05, 4.69) is 4.90 Å². The second-order valence-corrected chi connectivity index (χ2v) is 6.71. The predicted octanol–water partition coefficient (Wildman–Crippen LogP) is 1.91. The number of methoxy groups -OCH3 is 2. The van der Waals surface area contributed by atoms with Gasteiger partial charge in [0.05, 0.1) is 25.9 Å². The standard InChI is InChI=1S/C17H20N2O4S/c1-22-14-3-4-15(23-2)16-12(14)7-19(8-13(16)20)6-11-5-10(9-24-11)17(18)21/h3-5,9,13,20H,6-8H2,1-2H3,(H2,18,21). The molecule has 24 heavy (non-hydrogen) atoms. The van der Waals surface area contributed by atoms with Gasteiger partial charge in [-0.15, -0.1) is 11.3 Å². The van der Waals surface area contributed by atoms with Gasteiger partial charge in [-0.05, 0) is 18.2 Å². The zero-order chi connectivity index (χ0) is 17.3. The minimum atomic E-state index is -0.658. The van der Waals surface area contributed by atoms with Crippen LogP contribution in [-0.2, 0) is 13.1 Å². The number of hydrogen-bond acceptors (Lipinski definition) is 6. The van der Waals surface area contributed by atoms with E-state index >= 15 is 0 Å². The molecule has 0 spiro atoms. The van der Waals surface area contributed by atoms with Gasteiger partial charge in [-0.1, -0.05) is 0 Å². The summed E-state index contributed by atoms with van der Waals surface area (Å²) in [4.78, 5) is 14.4. The fourth-order valence-corrected chi connectivity index (χ4v) is 3.99. The number of thiophene rings is 1. The molecule has 1 aromatic carbocycles. The van der Waals surface area contributed by atoms with Gasteiger partial charge in [-0.25, -0.2) is 0 Å². The SMILES string of the molecule is COc1ccc(OC)c2c1CN(Cc1cc(C(N)=O)cs1)CC2O. The number of fused-ring (bicyclic) bond motifs is 1. The Balaban J connectivity index is 1.86. The van der Waals surface area contributed by atoms with E-state index in [0.717, 1.165) is 21.8 Å². The monoisotopic (exact) mass is 348 g/mol. The Morgan fingerprint density at radius 1 is 1.38 bits per heavy atom. The molecule has 0 saturated carbocycles. The minimum Gasteiger partial charge on any atom is -0.496 e. The van der Waals surface area contributed by atoms with Crippen molar-refractivity contribution in [2.45, 2.75) is 19.2 Å². The molecule has 3 rings (SSSR count). The van der Waals surface area contributed by atoms with Crippen LogP contribution in [0.2, 0.25) is 0 Å². The number of amides is 1. The van der Waals surface area contributed by atoms with Crippen LogP contribution in [0.15, 0.2) is 23.6 Å². The van der Waals surface area contributed by atoms with Crippen molar-refractivity contribution in [3.8, 4) is 11.5 Å². The van der Waals surface area contributed by atoms with Crippen molar-refractivity contribution in [3.63, 3.8) is 0 Å². The van der Waals surface area contributed by atoms with E-state index in [0.29, 0.717) is 30.9 Å². The van der Waals surface area contributed by atoms with Crippen LogP contribution in [-0.4, -0.2) is 36.7 Å². The van der Waals surface area contributed by atoms with E-state index in [1.54, 1.807) is 25.7 Å². The Kier molecular flexibility index (Phi) is 4.75. The number of rotatable bonds is 5.